The maximum absolute atomic E-state index is 15.0. The molecule has 12 heteroatoms. The van der Waals surface area contributed by atoms with Gasteiger partial charge in [0.2, 0.25) is 5.89 Å². The first kappa shape index (κ1) is 27.6. The molecule has 0 spiro atoms. The number of urea groups is 1. The monoisotopic (exact) mass is 545 g/mol. The first-order chi connectivity index (χ1) is 17.8. The highest BCUT2D eigenvalue weighted by atomic mass is 19.3. The van der Waals surface area contributed by atoms with Gasteiger partial charge in [0.1, 0.15) is 17.9 Å². The minimum absolute atomic E-state index is 0.268. The third kappa shape index (κ3) is 6.11. The highest BCUT2D eigenvalue weighted by Crippen LogP contribution is 2.44. The van der Waals surface area contributed by atoms with Gasteiger partial charge >= 0.3 is 6.03 Å². The summed E-state index contributed by atoms with van der Waals surface area (Å²) in [6.07, 6.45) is 0.564. The lowest BCUT2D eigenvalue weighted by atomic mass is 9.79. The van der Waals surface area contributed by atoms with Gasteiger partial charge < -0.3 is 19.5 Å². The molecule has 2 amide bonds. The number of nitrogens with zero attached hydrogens (tertiary/aromatic N) is 4. The maximum atomic E-state index is 15.0. The van der Waals surface area contributed by atoms with Crippen molar-refractivity contribution in [3.05, 3.63) is 11.7 Å². The molecule has 1 aromatic rings. The Labute approximate surface area is 220 Å². The maximum Gasteiger partial charge on any atom is 0.317 e. The third-order valence-electron chi connectivity index (χ3n) is 8.47. The van der Waals surface area contributed by atoms with Crippen LogP contribution in [0.1, 0.15) is 83.3 Å². The fraction of sp³-hybridized carbons (Fsp3) is 0.885. The molecule has 2 aliphatic carbocycles. The summed E-state index contributed by atoms with van der Waals surface area (Å²) >= 11 is 0. The minimum Gasteiger partial charge on any atom is -0.371 e. The second-order valence-corrected chi connectivity index (χ2v) is 12.5. The molecule has 2 aliphatic heterocycles. The molecule has 2 saturated carbocycles. The van der Waals surface area contributed by atoms with Crippen LogP contribution in [0.4, 0.5) is 22.4 Å². The van der Waals surface area contributed by atoms with Gasteiger partial charge in [0.05, 0.1) is 18.1 Å². The van der Waals surface area contributed by atoms with Crippen molar-refractivity contribution in [3.63, 3.8) is 0 Å². The van der Waals surface area contributed by atoms with Crippen LogP contribution < -0.4 is 5.32 Å². The molecule has 2 saturated heterocycles. The molecule has 0 aromatic carbocycles. The lowest BCUT2D eigenvalue weighted by molar-refractivity contribution is -0.138. The van der Waals surface area contributed by atoms with Crippen LogP contribution in [-0.4, -0.2) is 94.7 Å². The lowest BCUT2D eigenvalue weighted by Gasteiger charge is -2.42. The zero-order chi connectivity index (χ0) is 27.3. The number of amides is 2. The number of carbonyl (C=O) groups excluding carboxylic acids is 1. The van der Waals surface area contributed by atoms with E-state index in [-0.39, 0.29) is 25.0 Å². The fourth-order valence-corrected chi connectivity index (χ4v) is 6.01. The summed E-state index contributed by atoms with van der Waals surface area (Å²) in [5.74, 6) is -2.58. The number of hydrogen-bond acceptors (Lipinski definition) is 6. The van der Waals surface area contributed by atoms with Crippen molar-refractivity contribution in [3.8, 4) is 0 Å². The molecule has 3 heterocycles. The molecule has 1 unspecified atom stereocenters. The smallest absolute Gasteiger partial charge is 0.317 e. The summed E-state index contributed by atoms with van der Waals surface area (Å²) in [4.78, 5) is 21.0. The quantitative estimate of drug-likeness (QED) is 0.513. The summed E-state index contributed by atoms with van der Waals surface area (Å²) < 4.78 is 68.9. The van der Waals surface area contributed by atoms with Crippen molar-refractivity contribution >= 4 is 6.03 Å². The Kier molecular flexibility index (Phi) is 7.43. The standard InChI is InChI=1S/C26H39F4N5O3/c1-24(2,28)15-34-10-6-16(14-34)37-19-5-4-7-26(29,30)20(19)31-23(36)35-11-8-25(3,9-12-35)22-32-21(38-33-22)17-13-18(17)27/h16-20H,4-15H2,1-3H3,(H,31,36)/t16-,17+,18-,19-,20?/m0/s1. The number of rotatable bonds is 7. The van der Waals surface area contributed by atoms with E-state index < -0.39 is 41.4 Å². The number of nitrogens with one attached hydrogen (secondary N) is 1. The second-order valence-electron chi connectivity index (χ2n) is 12.5. The molecule has 8 nitrogen and oxygen atoms in total. The van der Waals surface area contributed by atoms with Crippen LogP contribution in [0.2, 0.25) is 0 Å². The van der Waals surface area contributed by atoms with Crippen molar-refractivity contribution in [2.45, 2.75) is 113 Å². The molecular formula is C26H39F4N5O3. The molecule has 5 rings (SSSR count). The molecule has 4 fully saturated rings. The zero-order valence-electron chi connectivity index (χ0n) is 22.4. The lowest BCUT2D eigenvalue weighted by Crippen LogP contribution is -2.61. The van der Waals surface area contributed by atoms with Gasteiger partial charge in [-0.1, -0.05) is 12.1 Å². The van der Waals surface area contributed by atoms with Gasteiger partial charge in [-0.3, -0.25) is 4.90 Å². The predicted molar refractivity (Wildman–Crippen MR) is 131 cm³/mol. The summed E-state index contributed by atoms with van der Waals surface area (Å²) in [7, 11) is 0. The van der Waals surface area contributed by atoms with Crippen molar-refractivity contribution in [2.75, 3.05) is 32.7 Å². The SMILES string of the molecule is CC(C)(F)CN1CC[C@H](O[C@H]2CCCC(F)(F)C2NC(=O)N2CCC(C)(c3noc([C@@H]4C[C@@H]4F)n3)CC2)C1. The van der Waals surface area contributed by atoms with E-state index in [1.54, 1.807) is 4.90 Å². The Morgan fingerprint density at radius 3 is 2.58 bits per heavy atom. The highest BCUT2D eigenvalue weighted by molar-refractivity contribution is 5.75. The van der Waals surface area contributed by atoms with Gasteiger partial charge in [-0.2, -0.15) is 4.98 Å². The molecule has 214 valence electrons. The van der Waals surface area contributed by atoms with Crippen molar-refractivity contribution in [2.24, 2.45) is 0 Å². The van der Waals surface area contributed by atoms with E-state index in [2.05, 4.69) is 15.5 Å². The zero-order valence-corrected chi connectivity index (χ0v) is 22.4. The number of alkyl halides is 4. The molecule has 0 bridgehead atoms. The van der Waals surface area contributed by atoms with Crippen LogP contribution in [0.5, 0.6) is 0 Å². The normalized spacial score (nSPS) is 33.3. The number of ether oxygens (including phenoxy) is 1. The fourth-order valence-electron chi connectivity index (χ4n) is 6.01. The van der Waals surface area contributed by atoms with Gasteiger partial charge in [0.25, 0.3) is 5.92 Å². The van der Waals surface area contributed by atoms with Crippen LogP contribution in [0, 0.1) is 0 Å². The van der Waals surface area contributed by atoms with E-state index in [0.29, 0.717) is 76.4 Å². The Balaban J connectivity index is 1.16. The van der Waals surface area contributed by atoms with E-state index in [9.17, 15) is 13.6 Å². The summed E-state index contributed by atoms with van der Waals surface area (Å²) in [5.41, 5.74) is -1.78. The Morgan fingerprint density at radius 1 is 1.21 bits per heavy atom. The molecule has 1 aromatic heterocycles. The molecule has 38 heavy (non-hydrogen) atoms. The van der Waals surface area contributed by atoms with E-state index >= 15 is 8.78 Å². The molecular weight excluding hydrogens is 506 g/mol. The predicted octanol–water partition coefficient (Wildman–Crippen LogP) is 4.35. The summed E-state index contributed by atoms with van der Waals surface area (Å²) in [6.45, 7) is 7.13. The van der Waals surface area contributed by atoms with Crippen molar-refractivity contribution in [1.29, 1.82) is 0 Å². The van der Waals surface area contributed by atoms with Gasteiger partial charge in [-0.15, -0.1) is 0 Å². The second kappa shape index (κ2) is 10.2. The van der Waals surface area contributed by atoms with Gasteiger partial charge in [0.15, 0.2) is 5.82 Å². The van der Waals surface area contributed by atoms with Crippen molar-refractivity contribution in [1.82, 2.24) is 25.3 Å². The van der Waals surface area contributed by atoms with E-state index in [1.165, 1.54) is 13.8 Å². The Bertz CT molecular complexity index is 994. The van der Waals surface area contributed by atoms with E-state index in [0.717, 1.165) is 0 Å². The topological polar surface area (TPSA) is 83.7 Å². The first-order valence-electron chi connectivity index (χ1n) is 13.8. The minimum atomic E-state index is -3.08. The summed E-state index contributed by atoms with van der Waals surface area (Å²) in [5, 5.41) is 6.66. The summed E-state index contributed by atoms with van der Waals surface area (Å²) in [6, 6.07) is -1.96. The van der Waals surface area contributed by atoms with E-state index in [1.807, 2.05) is 11.8 Å². The Hall–Kier alpha value is -1.95. The number of likely N-dealkylation sites (tertiary alicyclic amines) is 2. The number of piperidine rings is 1. The Morgan fingerprint density at radius 2 is 1.92 bits per heavy atom. The number of aromatic nitrogens is 2. The third-order valence-corrected chi connectivity index (χ3v) is 8.47. The van der Waals surface area contributed by atoms with E-state index in [4.69, 9.17) is 9.26 Å². The van der Waals surface area contributed by atoms with Crippen LogP contribution in [-0.2, 0) is 10.2 Å². The van der Waals surface area contributed by atoms with Gasteiger partial charge in [-0.25, -0.2) is 22.4 Å². The average Bonchev–Trinajstić information content (AvgIpc) is 3.20. The van der Waals surface area contributed by atoms with Crippen LogP contribution in [0.3, 0.4) is 0 Å². The van der Waals surface area contributed by atoms with Crippen LogP contribution in [0.25, 0.3) is 0 Å². The van der Waals surface area contributed by atoms with Gasteiger partial charge in [0, 0.05) is 44.6 Å². The molecule has 1 N–H and O–H groups in total. The largest absolute Gasteiger partial charge is 0.371 e. The highest BCUT2D eigenvalue weighted by Gasteiger charge is 2.50. The molecule has 5 atom stereocenters. The molecule has 0 radical (unpaired) electrons. The number of hydrogen-bond donors (Lipinski definition) is 1. The van der Waals surface area contributed by atoms with Crippen LogP contribution in [0.15, 0.2) is 4.52 Å². The number of halogens is 4. The van der Waals surface area contributed by atoms with Gasteiger partial charge in [-0.05, 0) is 52.4 Å². The average molecular weight is 546 g/mol. The van der Waals surface area contributed by atoms with Crippen molar-refractivity contribution < 1.29 is 31.6 Å². The van der Waals surface area contributed by atoms with Crippen LogP contribution >= 0.6 is 0 Å². The molecule has 4 aliphatic rings. The number of carbonyl (C=O) groups is 1. The first-order valence-corrected chi connectivity index (χ1v) is 13.8.